The smallest absolute Gasteiger partial charge is 0.0973 e. The second-order valence-electron chi connectivity index (χ2n) is 6.10. The predicted molar refractivity (Wildman–Crippen MR) is 80.3 cm³/mol. The Hall–Kier alpha value is -0.860. The minimum absolute atomic E-state index is 0.0632. The van der Waals surface area contributed by atoms with Crippen LogP contribution in [0.15, 0.2) is 24.3 Å². The summed E-state index contributed by atoms with van der Waals surface area (Å²) in [5, 5.41) is 10.8. The van der Waals surface area contributed by atoms with E-state index >= 15 is 0 Å². The zero-order valence-electron chi connectivity index (χ0n) is 12.5. The lowest BCUT2D eigenvalue weighted by molar-refractivity contribution is -0.00475. The van der Waals surface area contributed by atoms with Gasteiger partial charge in [0.05, 0.1) is 11.6 Å². The Morgan fingerprint density at radius 1 is 1.16 bits per heavy atom. The lowest BCUT2D eigenvalue weighted by atomic mass is 9.84. The fourth-order valence-electron chi connectivity index (χ4n) is 3.42. The van der Waals surface area contributed by atoms with Gasteiger partial charge in [-0.15, -0.1) is 0 Å². The molecule has 1 aromatic carbocycles. The molecular formula is C17H27NO. The van der Waals surface area contributed by atoms with Gasteiger partial charge in [-0.25, -0.2) is 0 Å². The monoisotopic (exact) mass is 261 g/mol. The lowest BCUT2D eigenvalue weighted by Gasteiger charge is -2.40. The molecule has 1 aromatic rings. The van der Waals surface area contributed by atoms with Crippen LogP contribution in [0.4, 0.5) is 0 Å². The zero-order chi connectivity index (χ0) is 13.9. The molecule has 2 nitrogen and oxygen atoms in total. The first-order chi connectivity index (χ1) is 9.10. The van der Waals surface area contributed by atoms with Gasteiger partial charge < -0.3 is 10.0 Å². The van der Waals surface area contributed by atoms with Crippen molar-refractivity contribution in [2.75, 3.05) is 14.1 Å². The minimum Gasteiger partial charge on any atom is -0.386 e. The van der Waals surface area contributed by atoms with Gasteiger partial charge in [0.2, 0.25) is 0 Å². The Balaban J connectivity index is 2.19. The van der Waals surface area contributed by atoms with Crippen LogP contribution in [0.2, 0.25) is 0 Å². The van der Waals surface area contributed by atoms with Crippen LogP contribution in [0.1, 0.15) is 56.3 Å². The van der Waals surface area contributed by atoms with Gasteiger partial charge in [0.1, 0.15) is 0 Å². The molecule has 0 bridgehead atoms. The van der Waals surface area contributed by atoms with Gasteiger partial charge in [-0.05, 0) is 44.5 Å². The molecule has 0 spiro atoms. The van der Waals surface area contributed by atoms with Crippen LogP contribution in [0.25, 0.3) is 0 Å². The van der Waals surface area contributed by atoms with Gasteiger partial charge >= 0.3 is 0 Å². The van der Waals surface area contributed by atoms with Crippen molar-refractivity contribution < 1.29 is 5.11 Å². The molecule has 0 heterocycles. The molecular weight excluding hydrogens is 234 g/mol. The quantitative estimate of drug-likeness (QED) is 0.876. The maximum absolute atomic E-state index is 10.8. The zero-order valence-corrected chi connectivity index (χ0v) is 12.5. The first-order valence-corrected chi connectivity index (χ1v) is 7.54. The highest BCUT2D eigenvalue weighted by molar-refractivity contribution is 5.27. The third kappa shape index (κ3) is 2.85. The standard InChI is InChI=1S/C17H27NO/c1-4-7-14-8-10-15(11-9-14)16(19)17(18(2)3)12-5-6-13-17/h8-11,16,19H,4-7,12-13H2,1-3H3. The van der Waals surface area contributed by atoms with E-state index in [0.29, 0.717) is 0 Å². The Labute approximate surface area is 117 Å². The highest BCUT2D eigenvalue weighted by Gasteiger charge is 2.43. The first kappa shape index (κ1) is 14.5. The topological polar surface area (TPSA) is 23.5 Å². The van der Waals surface area contributed by atoms with Crippen molar-refractivity contribution in [2.24, 2.45) is 0 Å². The van der Waals surface area contributed by atoms with Crippen molar-refractivity contribution in [2.45, 2.75) is 57.1 Å². The molecule has 2 heteroatoms. The average molecular weight is 261 g/mol. The largest absolute Gasteiger partial charge is 0.386 e. The van der Waals surface area contributed by atoms with Gasteiger partial charge in [0.15, 0.2) is 0 Å². The molecule has 0 aromatic heterocycles. The van der Waals surface area contributed by atoms with Gasteiger partial charge in [-0.3, -0.25) is 0 Å². The molecule has 0 saturated heterocycles. The number of aliphatic hydroxyl groups excluding tert-OH is 1. The molecule has 1 aliphatic rings. The maximum atomic E-state index is 10.8. The van der Waals surface area contributed by atoms with Crippen LogP contribution in [0, 0.1) is 0 Å². The van der Waals surface area contributed by atoms with Crippen LogP contribution >= 0.6 is 0 Å². The van der Waals surface area contributed by atoms with Gasteiger partial charge in [0.25, 0.3) is 0 Å². The van der Waals surface area contributed by atoms with E-state index in [1.165, 1.54) is 24.8 Å². The minimum atomic E-state index is -0.374. The van der Waals surface area contributed by atoms with Gasteiger partial charge in [-0.2, -0.15) is 0 Å². The summed E-state index contributed by atoms with van der Waals surface area (Å²) in [6, 6.07) is 8.55. The van der Waals surface area contributed by atoms with Crippen LogP contribution in [0.3, 0.4) is 0 Å². The van der Waals surface area contributed by atoms with Crippen LogP contribution in [0.5, 0.6) is 0 Å². The van der Waals surface area contributed by atoms with Crippen LogP contribution < -0.4 is 0 Å². The Kier molecular flexibility index (Phi) is 4.64. The fourth-order valence-corrected chi connectivity index (χ4v) is 3.42. The summed E-state index contributed by atoms with van der Waals surface area (Å²) < 4.78 is 0. The van der Waals surface area contributed by atoms with Crippen molar-refractivity contribution in [1.82, 2.24) is 4.90 Å². The molecule has 0 amide bonds. The summed E-state index contributed by atoms with van der Waals surface area (Å²) in [4.78, 5) is 2.23. The van der Waals surface area contributed by atoms with E-state index in [9.17, 15) is 5.11 Å². The number of hydrogen-bond acceptors (Lipinski definition) is 2. The van der Waals surface area contributed by atoms with Crippen molar-refractivity contribution in [1.29, 1.82) is 0 Å². The molecule has 1 saturated carbocycles. The van der Waals surface area contributed by atoms with E-state index < -0.39 is 0 Å². The number of benzene rings is 1. The Bertz CT molecular complexity index is 390. The van der Waals surface area contributed by atoms with Gasteiger partial charge in [0, 0.05) is 0 Å². The third-order valence-corrected chi connectivity index (χ3v) is 4.70. The SMILES string of the molecule is CCCc1ccc(C(O)C2(N(C)C)CCCC2)cc1. The fraction of sp³-hybridized carbons (Fsp3) is 0.647. The number of aryl methyl sites for hydroxylation is 1. The molecule has 19 heavy (non-hydrogen) atoms. The van der Waals surface area contributed by atoms with E-state index in [1.807, 2.05) is 0 Å². The molecule has 1 aliphatic carbocycles. The highest BCUT2D eigenvalue weighted by atomic mass is 16.3. The third-order valence-electron chi connectivity index (χ3n) is 4.70. The van der Waals surface area contributed by atoms with Crippen molar-refractivity contribution >= 4 is 0 Å². The molecule has 1 fully saturated rings. The number of rotatable bonds is 5. The summed E-state index contributed by atoms with van der Waals surface area (Å²) in [6.07, 6.45) is 6.56. The van der Waals surface area contributed by atoms with Crippen molar-refractivity contribution in [3.8, 4) is 0 Å². The lowest BCUT2D eigenvalue weighted by Crippen LogP contribution is -2.47. The summed E-state index contributed by atoms with van der Waals surface area (Å²) >= 11 is 0. The number of nitrogens with zero attached hydrogens (tertiary/aromatic N) is 1. The van der Waals surface area contributed by atoms with Crippen LogP contribution in [-0.2, 0) is 6.42 Å². The second-order valence-corrected chi connectivity index (χ2v) is 6.10. The van der Waals surface area contributed by atoms with Crippen molar-refractivity contribution in [3.05, 3.63) is 35.4 Å². The summed E-state index contributed by atoms with van der Waals surface area (Å²) in [6.45, 7) is 2.20. The average Bonchev–Trinajstić information content (AvgIpc) is 2.90. The first-order valence-electron chi connectivity index (χ1n) is 7.54. The van der Waals surface area contributed by atoms with Crippen LogP contribution in [-0.4, -0.2) is 29.6 Å². The molecule has 106 valence electrons. The van der Waals surface area contributed by atoms with E-state index in [-0.39, 0.29) is 11.6 Å². The Morgan fingerprint density at radius 3 is 2.21 bits per heavy atom. The van der Waals surface area contributed by atoms with Crippen molar-refractivity contribution in [3.63, 3.8) is 0 Å². The van der Waals surface area contributed by atoms with E-state index in [4.69, 9.17) is 0 Å². The Morgan fingerprint density at radius 2 is 1.74 bits per heavy atom. The van der Waals surface area contributed by atoms with E-state index in [1.54, 1.807) is 0 Å². The predicted octanol–water partition coefficient (Wildman–Crippen LogP) is 3.55. The van der Waals surface area contributed by atoms with E-state index in [0.717, 1.165) is 24.8 Å². The number of aliphatic hydroxyl groups is 1. The normalized spacial score (nSPS) is 19.8. The molecule has 1 unspecified atom stereocenters. The summed E-state index contributed by atoms with van der Waals surface area (Å²) in [5.74, 6) is 0. The molecule has 1 N–H and O–H groups in total. The second kappa shape index (κ2) is 6.06. The summed E-state index contributed by atoms with van der Waals surface area (Å²) in [7, 11) is 4.19. The molecule has 0 radical (unpaired) electrons. The number of hydrogen-bond donors (Lipinski definition) is 1. The molecule has 2 rings (SSSR count). The molecule has 1 atom stereocenters. The molecule has 0 aliphatic heterocycles. The van der Waals surface area contributed by atoms with Gasteiger partial charge in [-0.1, -0.05) is 50.5 Å². The number of likely N-dealkylation sites (N-methyl/N-ethyl adjacent to an activating group) is 1. The highest BCUT2D eigenvalue weighted by Crippen LogP contribution is 2.43. The maximum Gasteiger partial charge on any atom is 0.0973 e. The summed E-state index contributed by atoms with van der Waals surface area (Å²) in [5.41, 5.74) is 2.37. The van der Waals surface area contributed by atoms with E-state index in [2.05, 4.69) is 50.2 Å².